The first kappa shape index (κ1) is 10.9. The van der Waals surface area contributed by atoms with E-state index in [0.29, 0.717) is 6.54 Å². The van der Waals surface area contributed by atoms with Gasteiger partial charge >= 0.3 is 0 Å². The Morgan fingerprint density at radius 1 is 1.50 bits per heavy atom. The molecule has 84 valence electrons. The number of carbonyl (C=O) groups excluding carboxylic acids is 1. The van der Waals surface area contributed by atoms with Crippen LogP contribution in [-0.4, -0.2) is 12.5 Å². The van der Waals surface area contributed by atoms with Gasteiger partial charge in [0.05, 0.1) is 0 Å². The minimum absolute atomic E-state index is 0.0190. The second kappa shape index (κ2) is 4.10. The summed E-state index contributed by atoms with van der Waals surface area (Å²) >= 11 is 0. The molecule has 1 aliphatic rings. The average molecular weight is 216 g/mol. The molecule has 0 saturated carbocycles. The number of aryl methyl sites for hydroxylation is 1. The van der Waals surface area contributed by atoms with E-state index in [0.717, 1.165) is 16.8 Å². The Morgan fingerprint density at radius 3 is 2.94 bits per heavy atom. The third kappa shape index (κ3) is 1.63. The van der Waals surface area contributed by atoms with Crippen molar-refractivity contribution in [2.24, 2.45) is 0 Å². The fourth-order valence-electron chi connectivity index (χ4n) is 1.98. The molecule has 3 heteroatoms. The molecule has 1 aromatic carbocycles. The minimum atomic E-state index is -0.243. The Labute approximate surface area is 95.6 Å². The molecule has 1 atom stereocenters. The number of fused-ring (bicyclic) bond motifs is 1. The van der Waals surface area contributed by atoms with Crippen molar-refractivity contribution in [2.45, 2.75) is 19.9 Å². The minimum Gasteiger partial charge on any atom is -0.324 e. The highest BCUT2D eigenvalue weighted by atomic mass is 16.2. The standard InChI is InChI=1S/C13H16N2O/c1-4-7-14-12-10-6-5-8(2)9(3)11(10)15-13(12)16/h4-6,12,14H,1,7H2,2-3H3,(H,15,16). The largest absolute Gasteiger partial charge is 0.324 e. The maximum Gasteiger partial charge on any atom is 0.246 e. The Hall–Kier alpha value is -1.61. The van der Waals surface area contributed by atoms with Crippen molar-refractivity contribution in [3.05, 3.63) is 41.5 Å². The SMILES string of the molecule is C=CCNC1C(=O)Nc2c1ccc(C)c2C. The maximum atomic E-state index is 11.8. The van der Waals surface area contributed by atoms with Gasteiger partial charge in [0.2, 0.25) is 5.91 Å². The second-order valence-corrected chi connectivity index (χ2v) is 4.09. The van der Waals surface area contributed by atoms with E-state index in [-0.39, 0.29) is 11.9 Å². The number of anilines is 1. The summed E-state index contributed by atoms with van der Waals surface area (Å²) in [6.07, 6.45) is 1.76. The predicted molar refractivity (Wildman–Crippen MR) is 65.5 cm³/mol. The van der Waals surface area contributed by atoms with Crippen LogP contribution in [0.15, 0.2) is 24.8 Å². The van der Waals surface area contributed by atoms with Crippen LogP contribution in [0.5, 0.6) is 0 Å². The van der Waals surface area contributed by atoms with Gasteiger partial charge in [0.1, 0.15) is 6.04 Å². The monoisotopic (exact) mass is 216 g/mol. The van der Waals surface area contributed by atoms with E-state index >= 15 is 0 Å². The number of hydrogen-bond donors (Lipinski definition) is 2. The zero-order chi connectivity index (χ0) is 11.7. The summed E-state index contributed by atoms with van der Waals surface area (Å²) in [5.74, 6) is 0.0190. The van der Waals surface area contributed by atoms with E-state index in [1.165, 1.54) is 5.56 Å². The molecule has 1 amide bonds. The fourth-order valence-corrected chi connectivity index (χ4v) is 1.98. The molecule has 1 unspecified atom stereocenters. The van der Waals surface area contributed by atoms with Crippen molar-refractivity contribution < 1.29 is 4.79 Å². The van der Waals surface area contributed by atoms with Crippen molar-refractivity contribution >= 4 is 11.6 Å². The van der Waals surface area contributed by atoms with Crippen molar-refractivity contribution in [1.29, 1.82) is 0 Å². The van der Waals surface area contributed by atoms with Crippen LogP contribution in [0.4, 0.5) is 5.69 Å². The molecule has 1 aliphatic heterocycles. The van der Waals surface area contributed by atoms with E-state index in [2.05, 4.69) is 23.3 Å². The molecule has 2 N–H and O–H groups in total. The van der Waals surface area contributed by atoms with Gasteiger partial charge in [0.15, 0.2) is 0 Å². The van der Waals surface area contributed by atoms with Crippen LogP contribution in [0.2, 0.25) is 0 Å². The van der Waals surface area contributed by atoms with Gasteiger partial charge in [-0.25, -0.2) is 0 Å². The number of nitrogens with one attached hydrogen (secondary N) is 2. The lowest BCUT2D eigenvalue weighted by Crippen LogP contribution is -2.27. The van der Waals surface area contributed by atoms with Crippen LogP contribution in [0, 0.1) is 13.8 Å². The first-order chi connectivity index (χ1) is 7.65. The maximum absolute atomic E-state index is 11.8. The first-order valence-electron chi connectivity index (χ1n) is 5.40. The summed E-state index contributed by atoms with van der Waals surface area (Å²) in [5.41, 5.74) is 4.35. The Bertz CT molecular complexity index is 451. The van der Waals surface area contributed by atoms with E-state index < -0.39 is 0 Å². The lowest BCUT2D eigenvalue weighted by molar-refractivity contribution is -0.117. The van der Waals surface area contributed by atoms with Crippen molar-refractivity contribution in [2.75, 3.05) is 11.9 Å². The second-order valence-electron chi connectivity index (χ2n) is 4.09. The van der Waals surface area contributed by atoms with Gasteiger partial charge in [-0.1, -0.05) is 18.2 Å². The summed E-state index contributed by atoms with van der Waals surface area (Å²) in [4.78, 5) is 11.8. The smallest absolute Gasteiger partial charge is 0.246 e. The van der Waals surface area contributed by atoms with Gasteiger partial charge < -0.3 is 5.32 Å². The third-order valence-electron chi connectivity index (χ3n) is 3.06. The van der Waals surface area contributed by atoms with Gasteiger partial charge in [-0.15, -0.1) is 6.58 Å². The molecule has 0 fully saturated rings. The molecule has 3 nitrogen and oxygen atoms in total. The van der Waals surface area contributed by atoms with E-state index in [1.807, 2.05) is 19.9 Å². The summed E-state index contributed by atoms with van der Waals surface area (Å²) in [7, 11) is 0. The molecular formula is C13H16N2O. The molecule has 0 aromatic heterocycles. The van der Waals surface area contributed by atoms with Crippen LogP contribution < -0.4 is 10.6 Å². The van der Waals surface area contributed by atoms with E-state index in [9.17, 15) is 4.79 Å². The molecule has 0 saturated heterocycles. The van der Waals surface area contributed by atoms with Crippen LogP contribution in [0.25, 0.3) is 0 Å². The van der Waals surface area contributed by atoms with Crippen molar-refractivity contribution in [3.63, 3.8) is 0 Å². The summed E-state index contributed by atoms with van der Waals surface area (Å²) in [5, 5.41) is 6.08. The van der Waals surface area contributed by atoms with E-state index in [4.69, 9.17) is 0 Å². The number of hydrogen-bond acceptors (Lipinski definition) is 2. The molecule has 0 aliphatic carbocycles. The summed E-state index contributed by atoms with van der Waals surface area (Å²) in [6.45, 7) is 8.35. The molecule has 1 aromatic rings. The van der Waals surface area contributed by atoms with Crippen molar-refractivity contribution in [1.82, 2.24) is 5.32 Å². The van der Waals surface area contributed by atoms with Gasteiger partial charge in [-0.3, -0.25) is 10.1 Å². The van der Waals surface area contributed by atoms with Gasteiger partial charge in [0.25, 0.3) is 0 Å². The summed E-state index contributed by atoms with van der Waals surface area (Å²) in [6, 6.07) is 3.82. The molecule has 1 heterocycles. The van der Waals surface area contributed by atoms with E-state index in [1.54, 1.807) is 6.08 Å². The number of amides is 1. The molecule has 2 rings (SSSR count). The van der Waals surface area contributed by atoms with Crippen LogP contribution >= 0.6 is 0 Å². The lowest BCUT2D eigenvalue weighted by atomic mass is 10.0. The highest BCUT2D eigenvalue weighted by molar-refractivity contribution is 6.03. The highest BCUT2D eigenvalue weighted by Crippen LogP contribution is 2.34. The van der Waals surface area contributed by atoms with Crippen molar-refractivity contribution in [3.8, 4) is 0 Å². The molecule has 0 bridgehead atoms. The topological polar surface area (TPSA) is 41.1 Å². The molecule has 16 heavy (non-hydrogen) atoms. The number of carbonyl (C=O) groups is 1. The molecule has 0 spiro atoms. The van der Waals surface area contributed by atoms with Crippen LogP contribution in [-0.2, 0) is 4.79 Å². The lowest BCUT2D eigenvalue weighted by Gasteiger charge is -2.10. The summed E-state index contributed by atoms with van der Waals surface area (Å²) < 4.78 is 0. The van der Waals surface area contributed by atoms with Gasteiger partial charge in [-0.05, 0) is 25.0 Å². The Balaban J connectivity index is 2.38. The van der Waals surface area contributed by atoms with Gasteiger partial charge in [0, 0.05) is 17.8 Å². The van der Waals surface area contributed by atoms with Crippen LogP contribution in [0.3, 0.4) is 0 Å². The average Bonchev–Trinajstić information content (AvgIpc) is 2.58. The Kier molecular flexibility index (Phi) is 2.79. The highest BCUT2D eigenvalue weighted by Gasteiger charge is 2.30. The normalized spacial score (nSPS) is 18.1. The quantitative estimate of drug-likeness (QED) is 0.759. The van der Waals surface area contributed by atoms with Gasteiger partial charge in [-0.2, -0.15) is 0 Å². The molecular weight excluding hydrogens is 200 g/mol. The number of benzene rings is 1. The fraction of sp³-hybridized carbons (Fsp3) is 0.308. The zero-order valence-electron chi connectivity index (χ0n) is 9.63. The zero-order valence-corrected chi connectivity index (χ0v) is 9.63. The van der Waals surface area contributed by atoms with Crippen LogP contribution in [0.1, 0.15) is 22.7 Å². The molecule has 0 radical (unpaired) electrons. The Morgan fingerprint density at radius 2 is 2.25 bits per heavy atom. The predicted octanol–water partition coefficient (Wildman–Crippen LogP) is 2.07. The number of rotatable bonds is 3. The third-order valence-corrected chi connectivity index (χ3v) is 3.06. The first-order valence-corrected chi connectivity index (χ1v) is 5.40.